The van der Waals surface area contributed by atoms with Gasteiger partial charge in [-0.1, -0.05) is 6.07 Å². The van der Waals surface area contributed by atoms with Crippen LogP contribution in [0.15, 0.2) is 24.4 Å². The van der Waals surface area contributed by atoms with Gasteiger partial charge in [0.05, 0.1) is 19.2 Å². The van der Waals surface area contributed by atoms with Crippen molar-refractivity contribution >= 4 is 17.5 Å². The van der Waals surface area contributed by atoms with Gasteiger partial charge in [0.25, 0.3) is 0 Å². The zero-order valence-corrected chi connectivity index (χ0v) is 13.3. The number of imidazole rings is 1. The van der Waals surface area contributed by atoms with Crippen molar-refractivity contribution in [1.82, 2.24) is 19.6 Å². The number of nitrogens with zero attached hydrogens (tertiary/aromatic N) is 3. The summed E-state index contributed by atoms with van der Waals surface area (Å²) in [7, 11) is 1.33. The largest absolute Gasteiger partial charge is 0.469 e. The molecule has 23 heavy (non-hydrogen) atoms. The lowest BCUT2D eigenvalue weighted by molar-refractivity contribution is -0.146. The molecule has 2 aromatic rings. The second-order valence-corrected chi connectivity index (χ2v) is 5.69. The number of piperazine rings is 1. The van der Waals surface area contributed by atoms with Crippen molar-refractivity contribution < 1.29 is 14.3 Å². The summed E-state index contributed by atoms with van der Waals surface area (Å²) in [5.41, 5.74) is 2.86. The van der Waals surface area contributed by atoms with E-state index in [1.165, 1.54) is 7.11 Å². The molecule has 1 amide bonds. The smallest absolute Gasteiger partial charge is 0.307 e. The number of esters is 1. The van der Waals surface area contributed by atoms with Crippen molar-refractivity contribution in [3.8, 4) is 0 Å². The van der Waals surface area contributed by atoms with Crippen molar-refractivity contribution in [2.45, 2.75) is 25.9 Å². The molecule has 7 nitrogen and oxygen atoms in total. The molecule has 0 spiro atoms. The highest BCUT2D eigenvalue weighted by Gasteiger charge is 2.32. The van der Waals surface area contributed by atoms with Crippen molar-refractivity contribution in [2.75, 3.05) is 20.2 Å². The molecule has 1 aliphatic heterocycles. The molecule has 1 fully saturated rings. The lowest BCUT2D eigenvalue weighted by atomic mass is 10.1. The molecule has 3 rings (SSSR count). The third kappa shape index (κ3) is 3.19. The van der Waals surface area contributed by atoms with Crippen LogP contribution in [0.4, 0.5) is 0 Å². The van der Waals surface area contributed by atoms with Gasteiger partial charge in [-0.3, -0.25) is 14.5 Å². The number of fused-ring (bicyclic) bond motifs is 1. The van der Waals surface area contributed by atoms with Crippen molar-refractivity contribution in [3.05, 3.63) is 35.8 Å². The lowest BCUT2D eigenvalue weighted by Gasteiger charge is -2.33. The van der Waals surface area contributed by atoms with E-state index in [1.807, 2.05) is 40.6 Å². The Morgan fingerprint density at radius 2 is 2.30 bits per heavy atom. The molecule has 3 heterocycles. The SMILES string of the molecule is COC(=O)CC1C(=O)NCCN1Cc1cn2c(C)cccc2n1. The number of carbonyl (C=O) groups excluding carboxylic acids is 2. The Morgan fingerprint density at radius 3 is 3.04 bits per heavy atom. The number of amides is 1. The van der Waals surface area contributed by atoms with Gasteiger partial charge in [-0.15, -0.1) is 0 Å². The third-order valence-corrected chi connectivity index (χ3v) is 4.14. The van der Waals surface area contributed by atoms with Crippen molar-refractivity contribution in [2.24, 2.45) is 0 Å². The molecule has 1 atom stereocenters. The first-order chi connectivity index (χ1) is 11.1. The van der Waals surface area contributed by atoms with Crippen LogP contribution in [0.2, 0.25) is 0 Å². The summed E-state index contributed by atoms with van der Waals surface area (Å²) in [6.07, 6.45) is 2.03. The Balaban J connectivity index is 1.81. The predicted molar refractivity (Wildman–Crippen MR) is 83.8 cm³/mol. The number of hydrogen-bond acceptors (Lipinski definition) is 5. The fraction of sp³-hybridized carbons (Fsp3) is 0.438. The minimum absolute atomic E-state index is 0.0503. The average Bonchev–Trinajstić information content (AvgIpc) is 2.94. The first-order valence-corrected chi connectivity index (χ1v) is 7.60. The number of carbonyl (C=O) groups is 2. The van der Waals surface area contributed by atoms with E-state index < -0.39 is 6.04 Å². The third-order valence-electron chi connectivity index (χ3n) is 4.14. The second kappa shape index (κ2) is 6.37. The van der Waals surface area contributed by atoms with E-state index in [2.05, 4.69) is 10.3 Å². The molecule has 1 aliphatic rings. The zero-order chi connectivity index (χ0) is 16.4. The Labute approximate surface area is 134 Å². The van der Waals surface area contributed by atoms with Crippen LogP contribution in [0, 0.1) is 6.92 Å². The van der Waals surface area contributed by atoms with E-state index in [9.17, 15) is 9.59 Å². The van der Waals surface area contributed by atoms with Gasteiger partial charge >= 0.3 is 5.97 Å². The van der Waals surface area contributed by atoms with Gasteiger partial charge < -0.3 is 14.5 Å². The summed E-state index contributed by atoms with van der Waals surface area (Å²) in [6.45, 7) is 3.80. The molecule has 122 valence electrons. The standard InChI is InChI=1S/C16H20N4O3/c1-11-4-3-5-14-18-12(10-20(11)14)9-19-7-6-17-16(22)13(19)8-15(21)23-2/h3-5,10,13H,6-9H2,1-2H3,(H,17,22). The number of ether oxygens (including phenoxy) is 1. The van der Waals surface area contributed by atoms with Crippen LogP contribution < -0.4 is 5.32 Å². The van der Waals surface area contributed by atoms with Crippen LogP contribution >= 0.6 is 0 Å². The van der Waals surface area contributed by atoms with Gasteiger partial charge in [-0.25, -0.2) is 4.98 Å². The van der Waals surface area contributed by atoms with Crippen molar-refractivity contribution in [3.63, 3.8) is 0 Å². The van der Waals surface area contributed by atoms with E-state index >= 15 is 0 Å². The molecular weight excluding hydrogens is 296 g/mol. The quantitative estimate of drug-likeness (QED) is 0.832. The minimum Gasteiger partial charge on any atom is -0.469 e. The second-order valence-electron chi connectivity index (χ2n) is 5.69. The van der Waals surface area contributed by atoms with Crippen LogP contribution in [0.5, 0.6) is 0 Å². The summed E-state index contributed by atoms with van der Waals surface area (Å²) < 4.78 is 6.72. The molecule has 1 saturated heterocycles. The van der Waals surface area contributed by atoms with E-state index in [1.54, 1.807) is 0 Å². The van der Waals surface area contributed by atoms with Crippen LogP contribution in [0.25, 0.3) is 5.65 Å². The fourth-order valence-corrected chi connectivity index (χ4v) is 2.90. The summed E-state index contributed by atoms with van der Waals surface area (Å²) in [4.78, 5) is 30.2. The van der Waals surface area contributed by atoms with E-state index in [-0.39, 0.29) is 18.3 Å². The van der Waals surface area contributed by atoms with Gasteiger partial charge in [0.15, 0.2) is 0 Å². The number of rotatable bonds is 4. The maximum atomic E-state index is 12.1. The molecular formula is C16H20N4O3. The highest BCUT2D eigenvalue weighted by atomic mass is 16.5. The number of nitrogens with one attached hydrogen (secondary N) is 1. The van der Waals surface area contributed by atoms with Crippen LogP contribution in [0.1, 0.15) is 17.8 Å². The van der Waals surface area contributed by atoms with Crippen LogP contribution in [-0.2, 0) is 20.9 Å². The van der Waals surface area contributed by atoms with E-state index in [0.717, 1.165) is 17.0 Å². The Hall–Kier alpha value is -2.41. The number of pyridine rings is 1. The topological polar surface area (TPSA) is 75.9 Å². The maximum absolute atomic E-state index is 12.1. The number of methoxy groups -OCH3 is 1. The number of aromatic nitrogens is 2. The summed E-state index contributed by atoms with van der Waals surface area (Å²) in [5.74, 6) is -0.524. The predicted octanol–water partition coefficient (Wildman–Crippen LogP) is 0.506. The molecule has 0 saturated carbocycles. The average molecular weight is 316 g/mol. The van der Waals surface area contributed by atoms with E-state index in [0.29, 0.717) is 19.6 Å². The van der Waals surface area contributed by atoms with Gasteiger partial charge in [0, 0.05) is 31.5 Å². The first-order valence-electron chi connectivity index (χ1n) is 7.60. The zero-order valence-electron chi connectivity index (χ0n) is 13.3. The minimum atomic E-state index is -0.512. The van der Waals surface area contributed by atoms with Crippen molar-refractivity contribution in [1.29, 1.82) is 0 Å². The van der Waals surface area contributed by atoms with Gasteiger partial charge in [-0.2, -0.15) is 0 Å². The normalized spacial score (nSPS) is 18.9. The van der Waals surface area contributed by atoms with Crippen LogP contribution in [0.3, 0.4) is 0 Å². The maximum Gasteiger partial charge on any atom is 0.307 e. The summed E-state index contributed by atoms with van der Waals surface area (Å²) in [5, 5.41) is 2.80. The Kier molecular flexibility index (Phi) is 4.29. The lowest BCUT2D eigenvalue weighted by Crippen LogP contribution is -2.55. The molecule has 2 aromatic heterocycles. The van der Waals surface area contributed by atoms with Crippen LogP contribution in [-0.4, -0.2) is 52.4 Å². The number of hydrogen-bond donors (Lipinski definition) is 1. The highest BCUT2D eigenvalue weighted by molar-refractivity contribution is 5.87. The molecule has 7 heteroatoms. The molecule has 1 unspecified atom stereocenters. The van der Waals surface area contributed by atoms with Gasteiger partial charge in [0.1, 0.15) is 11.7 Å². The highest BCUT2D eigenvalue weighted by Crippen LogP contribution is 2.15. The van der Waals surface area contributed by atoms with Gasteiger partial charge in [0.2, 0.25) is 5.91 Å². The fourth-order valence-electron chi connectivity index (χ4n) is 2.90. The molecule has 0 aromatic carbocycles. The molecule has 0 bridgehead atoms. The van der Waals surface area contributed by atoms with Gasteiger partial charge in [-0.05, 0) is 19.1 Å². The molecule has 1 N–H and O–H groups in total. The Bertz CT molecular complexity index is 740. The summed E-state index contributed by atoms with van der Waals surface area (Å²) in [6, 6.07) is 5.43. The monoisotopic (exact) mass is 316 g/mol. The molecule has 0 aliphatic carbocycles. The number of aryl methyl sites for hydroxylation is 1. The molecule has 0 radical (unpaired) electrons. The van der Waals surface area contributed by atoms with E-state index in [4.69, 9.17) is 4.74 Å². The Morgan fingerprint density at radius 1 is 1.48 bits per heavy atom. The first kappa shape index (κ1) is 15.5. The summed E-state index contributed by atoms with van der Waals surface area (Å²) >= 11 is 0.